The molecule has 0 saturated carbocycles. The predicted molar refractivity (Wildman–Crippen MR) is 143 cm³/mol. The molecular formula is C24H29N4O6PS. The lowest BCUT2D eigenvalue weighted by Crippen LogP contribution is -2.34. The maximum atomic E-state index is 13.7. The molecule has 0 amide bonds. The molecule has 0 spiro atoms. The van der Waals surface area contributed by atoms with Crippen LogP contribution in [0, 0.1) is 5.41 Å². The number of anilines is 2. The van der Waals surface area contributed by atoms with Gasteiger partial charge in [-0.3, -0.25) is 14.1 Å². The summed E-state index contributed by atoms with van der Waals surface area (Å²) in [7, 11) is -6.27. The number of hydrogen-bond acceptors (Lipinski definition) is 7. The van der Waals surface area contributed by atoms with E-state index in [1.54, 1.807) is 28.8 Å². The minimum absolute atomic E-state index is 0.0401. The zero-order valence-electron chi connectivity index (χ0n) is 20.7. The van der Waals surface area contributed by atoms with E-state index in [1.807, 2.05) is 0 Å². The first kappa shape index (κ1) is 25.9. The van der Waals surface area contributed by atoms with Gasteiger partial charge in [-0.25, -0.2) is 8.42 Å². The molecule has 1 atom stereocenters. The van der Waals surface area contributed by atoms with Crippen molar-refractivity contribution in [3.05, 3.63) is 58.4 Å². The molecule has 3 N–H and O–H groups in total. The number of rotatable bonds is 6. The van der Waals surface area contributed by atoms with Gasteiger partial charge in [-0.15, -0.1) is 0 Å². The Morgan fingerprint density at radius 1 is 1.19 bits per heavy atom. The molecule has 36 heavy (non-hydrogen) atoms. The second-order valence-electron chi connectivity index (χ2n) is 9.89. The van der Waals surface area contributed by atoms with Gasteiger partial charge in [0.2, 0.25) is 10.0 Å². The van der Waals surface area contributed by atoms with Crippen LogP contribution in [0.4, 0.5) is 11.4 Å². The highest BCUT2D eigenvalue weighted by molar-refractivity contribution is 7.92. The van der Waals surface area contributed by atoms with Gasteiger partial charge >= 0.3 is 7.52 Å². The predicted octanol–water partition coefficient (Wildman–Crippen LogP) is 3.85. The molecule has 0 radical (unpaired) electrons. The highest BCUT2D eigenvalue weighted by Gasteiger charge is 2.35. The van der Waals surface area contributed by atoms with Crippen LogP contribution in [0.25, 0.3) is 10.9 Å². The molecule has 2 heterocycles. The number of nitrogens with one attached hydrogen (secondary N) is 2. The molecule has 1 aliphatic heterocycles. The van der Waals surface area contributed by atoms with Crippen LogP contribution in [0.5, 0.6) is 5.75 Å². The summed E-state index contributed by atoms with van der Waals surface area (Å²) in [6.45, 7) is 6.63. The fourth-order valence-electron chi connectivity index (χ4n) is 4.01. The summed E-state index contributed by atoms with van der Waals surface area (Å²) in [6, 6.07) is 11.4. The number of amidine groups is 1. The molecule has 10 nitrogen and oxygen atoms in total. The summed E-state index contributed by atoms with van der Waals surface area (Å²) < 4.78 is 50.5. The Kier molecular flexibility index (Phi) is 6.53. The van der Waals surface area contributed by atoms with Crippen LogP contribution in [0.3, 0.4) is 0 Å². The number of fused-ring (bicyclic) bond motifs is 2. The first-order chi connectivity index (χ1) is 16.7. The van der Waals surface area contributed by atoms with Crippen molar-refractivity contribution >= 4 is 51.0 Å². The van der Waals surface area contributed by atoms with Gasteiger partial charge in [0.15, 0.2) is 5.84 Å². The van der Waals surface area contributed by atoms with Crippen LogP contribution < -0.4 is 20.9 Å². The van der Waals surface area contributed by atoms with Crippen molar-refractivity contribution < 1.29 is 22.6 Å². The van der Waals surface area contributed by atoms with E-state index >= 15 is 0 Å². The Balaban J connectivity index is 1.91. The van der Waals surface area contributed by atoms with Crippen LogP contribution in [-0.4, -0.2) is 37.3 Å². The maximum Gasteiger partial charge on any atom is 0.348 e. The zero-order valence-corrected chi connectivity index (χ0v) is 22.4. The lowest BCUT2D eigenvalue weighted by atomic mass is 9.92. The van der Waals surface area contributed by atoms with E-state index in [4.69, 9.17) is 4.52 Å². The molecule has 0 fully saturated rings. The highest BCUT2D eigenvalue weighted by Crippen LogP contribution is 2.52. The van der Waals surface area contributed by atoms with Crippen molar-refractivity contribution in [1.29, 1.82) is 0 Å². The van der Waals surface area contributed by atoms with Crippen LogP contribution in [0.15, 0.2) is 52.0 Å². The maximum absolute atomic E-state index is 13.7. The number of hydrogen-bond donors (Lipinski definition) is 3. The molecule has 4 rings (SSSR count). The molecule has 2 aromatic carbocycles. The van der Waals surface area contributed by atoms with E-state index < -0.39 is 23.1 Å². The molecule has 1 unspecified atom stereocenters. The third kappa shape index (κ3) is 5.04. The third-order valence-electron chi connectivity index (χ3n) is 5.81. The van der Waals surface area contributed by atoms with Gasteiger partial charge in [0, 0.05) is 24.7 Å². The summed E-state index contributed by atoms with van der Waals surface area (Å²) in [6.07, 6.45) is 1.71. The minimum Gasteiger partial charge on any atom is -0.506 e. The second-order valence-corrected chi connectivity index (χ2v) is 13.7. The van der Waals surface area contributed by atoms with Crippen LogP contribution in [-0.2, 0) is 25.7 Å². The molecule has 0 aliphatic carbocycles. The quantitative estimate of drug-likeness (QED) is 0.410. The number of aryl methyl sites for hydroxylation is 1. The number of sulfonamides is 1. The lowest BCUT2D eigenvalue weighted by Gasteiger charge is -2.26. The van der Waals surface area contributed by atoms with Gasteiger partial charge in [-0.2, -0.15) is 4.76 Å². The lowest BCUT2D eigenvalue weighted by molar-refractivity contribution is 0.350. The number of aromatic nitrogens is 1. The van der Waals surface area contributed by atoms with Crippen molar-refractivity contribution in [2.45, 2.75) is 33.7 Å². The van der Waals surface area contributed by atoms with Crippen molar-refractivity contribution in [2.24, 2.45) is 10.2 Å². The monoisotopic (exact) mass is 532 g/mol. The van der Waals surface area contributed by atoms with E-state index in [0.29, 0.717) is 29.6 Å². The van der Waals surface area contributed by atoms with Crippen LogP contribution in [0.1, 0.15) is 32.8 Å². The molecule has 3 aromatic rings. The van der Waals surface area contributed by atoms with Crippen LogP contribution in [0.2, 0.25) is 0 Å². The Morgan fingerprint density at radius 2 is 1.89 bits per heavy atom. The SMILES string of the molecule is COP1(=O)N=C(c2c(O)c3ccccc3n(CCC(C)(C)C)c2=O)Nc2ccc(NS(C)(=O)=O)cc21. The fourth-order valence-corrected chi connectivity index (χ4v) is 6.10. The van der Waals surface area contributed by atoms with E-state index in [0.717, 1.165) is 6.26 Å². The normalized spacial score (nSPS) is 17.9. The van der Waals surface area contributed by atoms with Gasteiger partial charge in [-0.1, -0.05) is 32.9 Å². The zero-order chi connectivity index (χ0) is 26.5. The first-order valence-corrected chi connectivity index (χ1v) is 14.7. The first-order valence-electron chi connectivity index (χ1n) is 11.2. The van der Waals surface area contributed by atoms with Gasteiger partial charge in [0.1, 0.15) is 11.3 Å². The number of nitrogens with zero attached hydrogens (tertiary/aromatic N) is 2. The standard InChI is InChI=1S/C24H29N4O6PS/c1-24(2,3)12-13-28-18-9-7-6-8-16(18)21(29)20(23(28)30)22-25-17-11-10-15(27-36(5,32)33)14-19(17)35(31,26-22)34-4/h6-11,14,27,29H,12-13H2,1-5H3,(H,25,26,31). The van der Waals surface area contributed by atoms with E-state index in [-0.39, 0.29) is 33.6 Å². The average Bonchev–Trinajstić information content (AvgIpc) is 2.78. The number of para-hydroxylation sites is 1. The van der Waals surface area contributed by atoms with Crippen molar-refractivity contribution in [3.8, 4) is 5.75 Å². The fraction of sp³-hybridized carbons (Fsp3) is 0.333. The molecular weight excluding hydrogens is 503 g/mol. The van der Waals surface area contributed by atoms with E-state index in [2.05, 4.69) is 35.6 Å². The number of benzene rings is 2. The average molecular weight is 533 g/mol. The smallest absolute Gasteiger partial charge is 0.348 e. The highest BCUT2D eigenvalue weighted by atomic mass is 32.2. The minimum atomic E-state index is -3.92. The van der Waals surface area contributed by atoms with Gasteiger partial charge in [-0.05, 0) is 42.2 Å². The topological polar surface area (TPSA) is 139 Å². The summed E-state index contributed by atoms with van der Waals surface area (Å²) in [5.41, 5.74) is 0.439. The second kappa shape index (κ2) is 9.06. The molecule has 0 bridgehead atoms. The third-order valence-corrected chi connectivity index (χ3v) is 8.35. The summed E-state index contributed by atoms with van der Waals surface area (Å²) in [4.78, 5) is 13.7. The van der Waals surface area contributed by atoms with Gasteiger partial charge in [0.25, 0.3) is 5.56 Å². The van der Waals surface area contributed by atoms with Gasteiger partial charge < -0.3 is 19.5 Å². The van der Waals surface area contributed by atoms with Crippen LogP contribution >= 0.6 is 7.52 Å². The molecule has 1 aromatic heterocycles. The Morgan fingerprint density at radius 3 is 2.53 bits per heavy atom. The van der Waals surface area contributed by atoms with E-state index in [9.17, 15) is 22.9 Å². The largest absolute Gasteiger partial charge is 0.506 e. The molecule has 12 heteroatoms. The summed E-state index contributed by atoms with van der Waals surface area (Å²) in [5.74, 6) is -0.371. The molecule has 0 saturated heterocycles. The van der Waals surface area contributed by atoms with Crippen molar-refractivity contribution in [1.82, 2.24) is 4.57 Å². The van der Waals surface area contributed by atoms with Crippen molar-refractivity contribution in [3.63, 3.8) is 0 Å². The Hall–Kier alpha value is -3.14. The number of aromatic hydroxyl groups is 1. The van der Waals surface area contributed by atoms with Gasteiger partial charge in [0.05, 0.1) is 22.8 Å². The van der Waals surface area contributed by atoms with E-state index in [1.165, 1.54) is 25.3 Å². The van der Waals surface area contributed by atoms with Crippen molar-refractivity contribution in [2.75, 3.05) is 23.4 Å². The number of pyridine rings is 1. The molecule has 192 valence electrons. The molecule has 1 aliphatic rings. The summed E-state index contributed by atoms with van der Waals surface area (Å²) >= 11 is 0. The summed E-state index contributed by atoms with van der Waals surface area (Å²) in [5, 5.41) is 14.7. The Bertz CT molecular complexity index is 1610. The Labute approximate surface area is 209 Å².